The van der Waals surface area contributed by atoms with E-state index < -0.39 is 5.82 Å². The van der Waals surface area contributed by atoms with Crippen molar-refractivity contribution in [2.75, 3.05) is 5.43 Å². The highest BCUT2D eigenvalue weighted by molar-refractivity contribution is 5.40. The summed E-state index contributed by atoms with van der Waals surface area (Å²) in [4.78, 5) is 7.52. The van der Waals surface area contributed by atoms with E-state index in [0.717, 1.165) is 17.3 Å². The zero-order valence-corrected chi connectivity index (χ0v) is 11.6. The highest BCUT2D eigenvalue weighted by Crippen LogP contribution is 2.29. The molecule has 0 fully saturated rings. The van der Waals surface area contributed by atoms with E-state index in [1.807, 2.05) is 25.1 Å². The maximum Gasteiger partial charge on any atom is 0.260 e. The highest BCUT2D eigenvalue weighted by atomic mass is 19.1. The largest absolute Gasteiger partial charge is 0.436 e. The Hall–Kier alpha value is -2.21. The van der Waals surface area contributed by atoms with Crippen molar-refractivity contribution in [3.63, 3.8) is 0 Å². The van der Waals surface area contributed by atoms with Gasteiger partial charge in [0.1, 0.15) is 5.75 Å². The first kappa shape index (κ1) is 14.2. The second-order valence-corrected chi connectivity index (χ2v) is 4.77. The number of nitrogens with two attached hydrogens (primary N) is 1. The van der Waals surface area contributed by atoms with Crippen LogP contribution in [-0.4, -0.2) is 9.97 Å². The number of anilines is 1. The summed E-state index contributed by atoms with van der Waals surface area (Å²) in [6.45, 7) is 6.05. The van der Waals surface area contributed by atoms with Gasteiger partial charge in [-0.05, 0) is 30.0 Å². The number of aryl methyl sites for hydroxylation is 1. The minimum Gasteiger partial charge on any atom is -0.436 e. The third kappa shape index (κ3) is 3.03. The Bertz CT molecular complexity index is 616. The summed E-state index contributed by atoms with van der Waals surface area (Å²) in [5, 5.41) is 0. The van der Waals surface area contributed by atoms with Crippen LogP contribution in [-0.2, 0) is 0 Å². The molecule has 1 heterocycles. The number of ether oxygens (including phenoxy) is 1. The Morgan fingerprint density at radius 3 is 2.75 bits per heavy atom. The van der Waals surface area contributed by atoms with Gasteiger partial charge in [-0.1, -0.05) is 26.0 Å². The molecule has 0 spiro atoms. The van der Waals surface area contributed by atoms with Crippen molar-refractivity contribution >= 4 is 5.95 Å². The Labute approximate surface area is 117 Å². The molecule has 0 aliphatic rings. The van der Waals surface area contributed by atoms with E-state index in [2.05, 4.69) is 29.2 Å². The molecule has 20 heavy (non-hydrogen) atoms. The minimum atomic E-state index is -0.640. The molecule has 0 saturated heterocycles. The zero-order chi connectivity index (χ0) is 14.7. The topological polar surface area (TPSA) is 73.1 Å². The average Bonchev–Trinajstić information content (AvgIpc) is 2.43. The number of nitrogens with zero attached hydrogens (tertiary/aromatic N) is 2. The van der Waals surface area contributed by atoms with Crippen LogP contribution in [0.15, 0.2) is 24.4 Å². The minimum absolute atomic E-state index is 0.0964. The lowest BCUT2D eigenvalue weighted by atomic mass is 10.0. The first-order valence-corrected chi connectivity index (χ1v) is 6.29. The normalized spacial score (nSPS) is 10.7. The van der Waals surface area contributed by atoms with E-state index in [1.165, 1.54) is 0 Å². The Kier molecular flexibility index (Phi) is 4.14. The molecular weight excluding hydrogens is 259 g/mol. The molecule has 0 aliphatic carbocycles. The third-order valence-electron chi connectivity index (χ3n) is 2.93. The number of nitrogens with one attached hydrogen (secondary N) is 1. The van der Waals surface area contributed by atoms with Crippen molar-refractivity contribution in [3.05, 3.63) is 41.3 Å². The smallest absolute Gasteiger partial charge is 0.260 e. The number of nitrogen functional groups attached to an aromatic ring is 1. The molecule has 0 bridgehead atoms. The first-order chi connectivity index (χ1) is 9.51. The summed E-state index contributed by atoms with van der Waals surface area (Å²) in [5.41, 5.74) is 4.26. The van der Waals surface area contributed by atoms with Crippen LogP contribution >= 0.6 is 0 Å². The van der Waals surface area contributed by atoms with E-state index in [9.17, 15) is 4.39 Å². The number of aromatic nitrogens is 2. The van der Waals surface area contributed by atoms with Gasteiger partial charge >= 0.3 is 0 Å². The van der Waals surface area contributed by atoms with Crippen LogP contribution in [0.2, 0.25) is 0 Å². The lowest BCUT2D eigenvalue weighted by molar-refractivity contribution is 0.417. The van der Waals surface area contributed by atoms with Gasteiger partial charge in [0.15, 0.2) is 0 Å². The van der Waals surface area contributed by atoms with Crippen LogP contribution in [0, 0.1) is 12.7 Å². The summed E-state index contributed by atoms with van der Waals surface area (Å²) in [6, 6.07) is 5.85. The molecule has 0 atom stereocenters. The van der Waals surface area contributed by atoms with Gasteiger partial charge in [0.05, 0.1) is 6.20 Å². The van der Waals surface area contributed by atoms with Crippen LogP contribution in [0.4, 0.5) is 10.3 Å². The van der Waals surface area contributed by atoms with E-state index >= 15 is 0 Å². The first-order valence-electron chi connectivity index (χ1n) is 6.29. The predicted octanol–water partition coefficient (Wildman–Crippen LogP) is 3.13. The van der Waals surface area contributed by atoms with Gasteiger partial charge in [0, 0.05) is 0 Å². The second-order valence-electron chi connectivity index (χ2n) is 4.77. The van der Waals surface area contributed by atoms with Gasteiger partial charge in [-0.15, -0.1) is 0 Å². The summed E-state index contributed by atoms with van der Waals surface area (Å²) >= 11 is 0. The van der Waals surface area contributed by atoms with E-state index in [4.69, 9.17) is 10.6 Å². The van der Waals surface area contributed by atoms with Gasteiger partial charge in [0.25, 0.3) is 5.88 Å². The summed E-state index contributed by atoms with van der Waals surface area (Å²) < 4.78 is 19.2. The number of benzene rings is 1. The van der Waals surface area contributed by atoms with Crippen LogP contribution in [0.3, 0.4) is 0 Å². The third-order valence-corrected chi connectivity index (χ3v) is 2.93. The number of halogens is 1. The van der Waals surface area contributed by atoms with Crippen molar-refractivity contribution in [1.82, 2.24) is 9.97 Å². The van der Waals surface area contributed by atoms with Crippen LogP contribution in [0.1, 0.15) is 30.9 Å². The Morgan fingerprint density at radius 1 is 1.35 bits per heavy atom. The highest BCUT2D eigenvalue weighted by Gasteiger charge is 2.12. The molecule has 1 aromatic carbocycles. The molecule has 0 unspecified atom stereocenters. The molecule has 1 aromatic heterocycles. The predicted molar refractivity (Wildman–Crippen MR) is 75.1 cm³/mol. The van der Waals surface area contributed by atoms with E-state index in [-0.39, 0.29) is 11.8 Å². The van der Waals surface area contributed by atoms with Gasteiger partial charge in [-0.2, -0.15) is 9.37 Å². The fourth-order valence-electron chi connectivity index (χ4n) is 1.68. The van der Waals surface area contributed by atoms with Crippen molar-refractivity contribution in [1.29, 1.82) is 0 Å². The molecule has 0 aliphatic heterocycles. The van der Waals surface area contributed by atoms with Crippen LogP contribution in [0.5, 0.6) is 11.6 Å². The molecule has 0 radical (unpaired) electrons. The van der Waals surface area contributed by atoms with Gasteiger partial charge in [-0.3, -0.25) is 5.43 Å². The van der Waals surface area contributed by atoms with Crippen molar-refractivity contribution in [3.8, 4) is 11.6 Å². The number of rotatable bonds is 4. The molecule has 5 nitrogen and oxygen atoms in total. The van der Waals surface area contributed by atoms with Crippen LogP contribution < -0.4 is 16.0 Å². The summed E-state index contributed by atoms with van der Waals surface area (Å²) in [5.74, 6) is 5.43. The fourth-order valence-corrected chi connectivity index (χ4v) is 1.68. The molecule has 106 valence electrons. The molecular formula is C14H17FN4O. The lowest BCUT2D eigenvalue weighted by Crippen LogP contribution is -2.11. The van der Waals surface area contributed by atoms with E-state index in [1.54, 1.807) is 0 Å². The van der Waals surface area contributed by atoms with Crippen molar-refractivity contribution in [2.45, 2.75) is 26.7 Å². The summed E-state index contributed by atoms with van der Waals surface area (Å²) in [7, 11) is 0. The fraction of sp³-hybridized carbons (Fsp3) is 0.286. The maximum absolute atomic E-state index is 13.7. The maximum atomic E-state index is 13.7. The van der Waals surface area contributed by atoms with E-state index in [0.29, 0.717) is 11.7 Å². The summed E-state index contributed by atoms with van der Waals surface area (Å²) in [6.07, 6.45) is 1.01. The van der Waals surface area contributed by atoms with Gasteiger partial charge < -0.3 is 4.74 Å². The SMILES string of the molecule is Cc1ccc(C(C)C)cc1Oc1nc(NN)ncc1F. The number of hydrogen-bond acceptors (Lipinski definition) is 5. The lowest BCUT2D eigenvalue weighted by Gasteiger charge is -2.12. The molecule has 0 saturated carbocycles. The number of hydrogen-bond donors (Lipinski definition) is 2. The monoisotopic (exact) mass is 276 g/mol. The molecule has 2 aromatic rings. The van der Waals surface area contributed by atoms with Gasteiger partial charge in [0.2, 0.25) is 11.8 Å². The number of hydrazine groups is 1. The molecule has 3 N–H and O–H groups in total. The van der Waals surface area contributed by atoms with Crippen molar-refractivity contribution in [2.24, 2.45) is 5.84 Å². The van der Waals surface area contributed by atoms with Crippen molar-refractivity contribution < 1.29 is 9.13 Å². The average molecular weight is 276 g/mol. The van der Waals surface area contributed by atoms with Crippen LogP contribution in [0.25, 0.3) is 0 Å². The quantitative estimate of drug-likeness (QED) is 0.663. The standard InChI is InChI=1S/C14H17FN4O/c1-8(2)10-5-4-9(3)12(6-10)20-13-11(15)7-17-14(18-13)19-16/h4-8H,16H2,1-3H3,(H,17,18,19). The molecule has 2 rings (SSSR count). The second kappa shape index (κ2) is 5.83. The molecule has 6 heteroatoms. The Morgan fingerprint density at radius 2 is 2.10 bits per heavy atom. The van der Waals surface area contributed by atoms with Gasteiger partial charge in [-0.25, -0.2) is 10.8 Å². The molecule has 0 amide bonds. The zero-order valence-electron chi connectivity index (χ0n) is 11.6. The Balaban J connectivity index is 2.36.